The highest BCUT2D eigenvalue weighted by Gasteiger charge is 2.26. The first-order chi connectivity index (χ1) is 9.13. The van der Waals surface area contributed by atoms with Crippen LogP contribution in [0.1, 0.15) is 43.5 Å². The van der Waals surface area contributed by atoms with Crippen LogP contribution in [0, 0.1) is 11.8 Å². The Bertz CT molecular complexity index is 442. The highest BCUT2D eigenvalue weighted by Crippen LogP contribution is 2.33. The number of carbonyl (C=O) groups is 1. The largest absolute Gasteiger partial charge is 0.497 e. The lowest BCUT2D eigenvalue weighted by Crippen LogP contribution is -2.29. The third-order valence-electron chi connectivity index (χ3n) is 4.19. The van der Waals surface area contributed by atoms with Crippen LogP contribution in [-0.4, -0.2) is 19.5 Å². The van der Waals surface area contributed by atoms with E-state index in [2.05, 4.69) is 13.8 Å². The van der Waals surface area contributed by atoms with E-state index in [9.17, 15) is 4.79 Å². The van der Waals surface area contributed by atoms with Crippen molar-refractivity contribution in [2.75, 3.05) is 7.11 Å². The van der Waals surface area contributed by atoms with Crippen molar-refractivity contribution in [2.24, 2.45) is 11.8 Å². The summed E-state index contributed by atoms with van der Waals surface area (Å²) in [7, 11) is 1.59. The van der Waals surface area contributed by atoms with E-state index >= 15 is 0 Å². The molecule has 0 amide bonds. The van der Waals surface area contributed by atoms with Crippen molar-refractivity contribution in [2.45, 2.75) is 39.2 Å². The van der Waals surface area contributed by atoms with Crippen molar-refractivity contribution >= 4 is 6.29 Å². The van der Waals surface area contributed by atoms with Gasteiger partial charge in [-0.2, -0.15) is 0 Å². The van der Waals surface area contributed by atoms with Crippen molar-refractivity contribution in [1.29, 1.82) is 0 Å². The van der Waals surface area contributed by atoms with Crippen molar-refractivity contribution in [3.63, 3.8) is 0 Å². The minimum absolute atomic E-state index is 0.221. The molecular weight excluding hydrogens is 240 g/mol. The van der Waals surface area contributed by atoms with Gasteiger partial charge in [-0.25, -0.2) is 0 Å². The van der Waals surface area contributed by atoms with E-state index in [1.807, 2.05) is 12.1 Å². The van der Waals surface area contributed by atoms with Crippen LogP contribution in [-0.2, 0) is 0 Å². The van der Waals surface area contributed by atoms with Gasteiger partial charge in [-0.3, -0.25) is 4.79 Å². The van der Waals surface area contributed by atoms with E-state index in [1.165, 1.54) is 6.42 Å². The zero-order chi connectivity index (χ0) is 13.8. The normalized spacial score (nSPS) is 26.8. The fourth-order valence-corrected chi connectivity index (χ4v) is 2.64. The van der Waals surface area contributed by atoms with Crippen LogP contribution in [0.5, 0.6) is 11.5 Å². The van der Waals surface area contributed by atoms with Crippen molar-refractivity contribution < 1.29 is 14.3 Å². The third-order valence-corrected chi connectivity index (χ3v) is 4.19. The summed E-state index contributed by atoms with van der Waals surface area (Å²) in [6.45, 7) is 4.57. The molecule has 104 valence electrons. The Balaban J connectivity index is 2.08. The molecule has 0 N–H and O–H groups in total. The molecule has 1 aromatic rings. The Morgan fingerprint density at radius 2 is 2.00 bits per heavy atom. The second-order valence-electron chi connectivity index (χ2n) is 5.53. The van der Waals surface area contributed by atoms with Gasteiger partial charge in [0.25, 0.3) is 0 Å². The second-order valence-corrected chi connectivity index (χ2v) is 5.53. The number of hydrogen-bond acceptors (Lipinski definition) is 3. The molecule has 1 aliphatic rings. The van der Waals surface area contributed by atoms with E-state index in [0.717, 1.165) is 25.0 Å². The molecule has 1 saturated carbocycles. The molecule has 1 aromatic carbocycles. The number of hydrogen-bond donors (Lipinski definition) is 0. The van der Waals surface area contributed by atoms with E-state index in [-0.39, 0.29) is 6.10 Å². The fourth-order valence-electron chi connectivity index (χ4n) is 2.64. The summed E-state index contributed by atoms with van der Waals surface area (Å²) in [5, 5.41) is 0. The summed E-state index contributed by atoms with van der Waals surface area (Å²) in [6, 6.07) is 5.37. The molecule has 19 heavy (non-hydrogen) atoms. The van der Waals surface area contributed by atoms with Gasteiger partial charge in [-0.15, -0.1) is 0 Å². The molecule has 0 heterocycles. The van der Waals surface area contributed by atoms with Crippen molar-refractivity contribution in [1.82, 2.24) is 0 Å². The lowest BCUT2D eigenvalue weighted by atomic mass is 9.80. The van der Waals surface area contributed by atoms with Crippen LogP contribution in [0.2, 0.25) is 0 Å². The molecule has 3 nitrogen and oxygen atoms in total. The fraction of sp³-hybridized carbons (Fsp3) is 0.562. The van der Waals surface area contributed by atoms with Gasteiger partial charge in [-0.05, 0) is 49.3 Å². The zero-order valence-electron chi connectivity index (χ0n) is 11.9. The van der Waals surface area contributed by atoms with Gasteiger partial charge in [0.05, 0.1) is 18.8 Å². The average Bonchev–Trinajstić information content (AvgIpc) is 2.43. The first-order valence-corrected chi connectivity index (χ1v) is 6.94. The predicted octanol–water partition coefficient (Wildman–Crippen LogP) is 3.71. The standard InChI is InChI=1S/C16H22O3/c1-11-4-5-15(8-12(11)2)19-16-7-6-14(18-3)9-13(16)10-17/h6-7,9-12,15H,4-5,8H2,1-3H3. The average molecular weight is 262 g/mol. The maximum Gasteiger partial charge on any atom is 0.153 e. The molecule has 0 bridgehead atoms. The molecule has 3 heteroatoms. The van der Waals surface area contributed by atoms with E-state index in [0.29, 0.717) is 23.0 Å². The quantitative estimate of drug-likeness (QED) is 0.776. The summed E-state index contributed by atoms with van der Waals surface area (Å²) < 4.78 is 11.1. The van der Waals surface area contributed by atoms with Gasteiger partial charge in [0.2, 0.25) is 0 Å². The van der Waals surface area contributed by atoms with Crippen LogP contribution < -0.4 is 9.47 Å². The third kappa shape index (κ3) is 3.28. The lowest BCUT2D eigenvalue weighted by Gasteiger charge is -2.32. The van der Waals surface area contributed by atoms with Gasteiger partial charge in [0.1, 0.15) is 11.5 Å². The summed E-state index contributed by atoms with van der Waals surface area (Å²) >= 11 is 0. The summed E-state index contributed by atoms with van der Waals surface area (Å²) in [6.07, 6.45) is 4.37. The van der Waals surface area contributed by atoms with Gasteiger partial charge < -0.3 is 9.47 Å². The summed E-state index contributed by atoms with van der Waals surface area (Å²) in [5.74, 6) is 2.79. The number of carbonyl (C=O) groups excluding carboxylic acids is 1. The second kappa shape index (κ2) is 6.09. The topological polar surface area (TPSA) is 35.5 Å². The summed E-state index contributed by atoms with van der Waals surface area (Å²) in [5.41, 5.74) is 0.561. The molecule has 1 fully saturated rings. The van der Waals surface area contributed by atoms with Gasteiger partial charge in [-0.1, -0.05) is 13.8 Å². The van der Waals surface area contributed by atoms with Crippen molar-refractivity contribution in [3.8, 4) is 11.5 Å². The molecule has 0 saturated heterocycles. The van der Waals surface area contributed by atoms with Crippen LogP contribution >= 0.6 is 0 Å². The lowest BCUT2D eigenvalue weighted by molar-refractivity contribution is 0.0976. The highest BCUT2D eigenvalue weighted by atomic mass is 16.5. The number of benzene rings is 1. The molecule has 0 aliphatic heterocycles. The van der Waals surface area contributed by atoms with E-state index in [1.54, 1.807) is 13.2 Å². The molecular formula is C16H22O3. The molecule has 3 atom stereocenters. The predicted molar refractivity (Wildman–Crippen MR) is 75.0 cm³/mol. The molecule has 1 aliphatic carbocycles. The summed E-state index contributed by atoms with van der Waals surface area (Å²) in [4.78, 5) is 11.1. The Morgan fingerprint density at radius 3 is 2.63 bits per heavy atom. The van der Waals surface area contributed by atoms with Crippen LogP contribution in [0.15, 0.2) is 18.2 Å². The molecule has 0 aromatic heterocycles. The maximum absolute atomic E-state index is 11.1. The highest BCUT2D eigenvalue weighted by molar-refractivity contribution is 5.80. The zero-order valence-corrected chi connectivity index (χ0v) is 11.9. The van der Waals surface area contributed by atoms with Gasteiger partial charge in [0, 0.05) is 0 Å². The monoisotopic (exact) mass is 262 g/mol. The van der Waals surface area contributed by atoms with Gasteiger partial charge >= 0.3 is 0 Å². The number of ether oxygens (including phenoxy) is 2. The van der Waals surface area contributed by atoms with Crippen molar-refractivity contribution in [3.05, 3.63) is 23.8 Å². The van der Waals surface area contributed by atoms with Crippen LogP contribution in [0.25, 0.3) is 0 Å². The van der Waals surface area contributed by atoms with Crippen LogP contribution in [0.3, 0.4) is 0 Å². The molecule has 0 radical (unpaired) electrons. The maximum atomic E-state index is 11.1. The van der Waals surface area contributed by atoms with Gasteiger partial charge in [0.15, 0.2) is 6.29 Å². The SMILES string of the molecule is COc1ccc(OC2CCC(C)C(C)C2)c(C=O)c1. The Labute approximate surface area is 114 Å². The molecule has 3 unspecified atom stereocenters. The Kier molecular flexibility index (Phi) is 4.46. The van der Waals surface area contributed by atoms with E-state index in [4.69, 9.17) is 9.47 Å². The number of rotatable bonds is 4. The minimum Gasteiger partial charge on any atom is -0.497 e. The Morgan fingerprint density at radius 1 is 1.21 bits per heavy atom. The molecule has 2 rings (SSSR count). The smallest absolute Gasteiger partial charge is 0.153 e. The first kappa shape index (κ1) is 13.9. The minimum atomic E-state index is 0.221. The number of aldehydes is 1. The van der Waals surface area contributed by atoms with E-state index < -0.39 is 0 Å². The van der Waals surface area contributed by atoms with Crippen LogP contribution in [0.4, 0.5) is 0 Å². The first-order valence-electron chi connectivity index (χ1n) is 6.94. The number of methoxy groups -OCH3 is 1. The Hall–Kier alpha value is -1.51. The molecule has 0 spiro atoms.